The first-order valence-corrected chi connectivity index (χ1v) is 5.46. The molecule has 2 saturated heterocycles. The molecule has 2 aliphatic rings. The lowest BCUT2D eigenvalue weighted by atomic mass is 9.87. The molecule has 6 heteroatoms. The van der Waals surface area contributed by atoms with E-state index < -0.39 is 5.97 Å². The maximum Gasteiger partial charge on any atom is 0.407 e. The highest BCUT2D eigenvalue weighted by Gasteiger charge is 2.36. The lowest BCUT2D eigenvalue weighted by molar-refractivity contribution is -0.145. The summed E-state index contributed by atoms with van der Waals surface area (Å²) in [6, 6.07) is 0. The number of amides is 1. The standard InChI is InChI=1S/C10H16N2O4/c1-6(9(13)14)7-3-12(4-7)5-8-2-11-10(15)16-8/h6-8H,2-5H2,1H3,(H,11,15)(H,13,14). The Labute approximate surface area is 93.6 Å². The zero-order valence-electron chi connectivity index (χ0n) is 9.18. The van der Waals surface area contributed by atoms with Crippen LogP contribution in [0.2, 0.25) is 0 Å². The average Bonchev–Trinajstić information content (AvgIpc) is 2.56. The molecule has 2 unspecified atom stereocenters. The van der Waals surface area contributed by atoms with Crippen molar-refractivity contribution in [2.45, 2.75) is 13.0 Å². The van der Waals surface area contributed by atoms with E-state index in [-0.39, 0.29) is 24.0 Å². The van der Waals surface area contributed by atoms with E-state index in [4.69, 9.17) is 9.84 Å². The van der Waals surface area contributed by atoms with Gasteiger partial charge in [0.25, 0.3) is 0 Å². The Morgan fingerprint density at radius 2 is 2.38 bits per heavy atom. The summed E-state index contributed by atoms with van der Waals surface area (Å²) in [5.74, 6) is -0.804. The second-order valence-electron chi connectivity index (χ2n) is 4.51. The normalized spacial score (nSPS) is 28.1. The van der Waals surface area contributed by atoms with E-state index in [0.717, 1.165) is 13.1 Å². The van der Waals surface area contributed by atoms with E-state index in [0.29, 0.717) is 13.1 Å². The fraction of sp³-hybridized carbons (Fsp3) is 0.800. The zero-order chi connectivity index (χ0) is 11.7. The Hall–Kier alpha value is -1.30. The van der Waals surface area contributed by atoms with E-state index in [1.807, 2.05) is 0 Å². The molecule has 0 saturated carbocycles. The summed E-state index contributed by atoms with van der Waals surface area (Å²) in [6.07, 6.45) is -0.449. The number of carboxylic acid groups (broad SMARTS) is 1. The van der Waals surface area contributed by atoms with Crippen molar-refractivity contribution in [3.8, 4) is 0 Å². The summed E-state index contributed by atoms with van der Waals surface area (Å²) in [5, 5.41) is 11.4. The fourth-order valence-electron chi connectivity index (χ4n) is 2.10. The zero-order valence-corrected chi connectivity index (χ0v) is 9.18. The van der Waals surface area contributed by atoms with Gasteiger partial charge in [0, 0.05) is 19.6 Å². The van der Waals surface area contributed by atoms with E-state index in [2.05, 4.69) is 10.2 Å². The number of hydrogen-bond acceptors (Lipinski definition) is 4. The number of likely N-dealkylation sites (tertiary alicyclic amines) is 1. The molecule has 2 N–H and O–H groups in total. The minimum absolute atomic E-state index is 0.0893. The quantitative estimate of drug-likeness (QED) is 0.693. The van der Waals surface area contributed by atoms with E-state index in [1.165, 1.54) is 0 Å². The molecule has 2 atom stereocenters. The summed E-state index contributed by atoms with van der Waals surface area (Å²) in [7, 11) is 0. The number of cyclic esters (lactones) is 1. The van der Waals surface area contributed by atoms with Crippen LogP contribution in [0.3, 0.4) is 0 Å². The first-order chi connectivity index (χ1) is 7.56. The molecule has 0 bridgehead atoms. The van der Waals surface area contributed by atoms with E-state index >= 15 is 0 Å². The van der Waals surface area contributed by atoms with E-state index in [9.17, 15) is 9.59 Å². The Morgan fingerprint density at radius 3 is 2.88 bits per heavy atom. The number of hydrogen-bond donors (Lipinski definition) is 2. The van der Waals surface area contributed by atoms with Crippen molar-refractivity contribution in [1.82, 2.24) is 10.2 Å². The van der Waals surface area contributed by atoms with Gasteiger partial charge in [0.15, 0.2) is 0 Å². The molecule has 0 aromatic rings. The second-order valence-corrected chi connectivity index (χ2v) is 4.51. The van der Waals surface area contributed by atoms with Crippen LogP contribution in [0.5, 0.6) is 0 Å². The van der Waals surface area contributed by atoms with Crippen LogP contribution < -0.4 is 5.32 Å². The van der Waals surface area contributed by atoms with Crippen LogP contribution in [0.4, 0.5) is 4.79 Å². The highest BCUT2D eigenvalue weighted by Crippen LogP contribution is 2.24. The number of ether oxygens (including phenoxy) is 1. The Balaban J connectivity index is 1.69. The molecule has 0 spiro atoms. The number of carbonyl (C=O) groups excluding carboxylic acids is 1. The van der Waals surface area contributed by atoms with Gasteiger partial charge in [0.05, 0.1) is 12.5 Å². The molecule has 2 aliphatic heterocycles. The Kier molecular flexibility index (Phi) is 3.00. The Morgan fingerprint density at radius 1 is 1.69 bits per heavy atom. The minimum Gasteiger partial charge on any atom is -0.481 e. The minimum atomic E-state index is -0.737. The second kappa shape index (κ2) is 4.29. The third-order valence-corrected chi connectivity index (χ3v) is 3.29. The van der Waals surface area contributed by atoms with Crippen LogP contribution in [0.1, 0.15) is 6.92 Å². The summed E-state index contributed by atoms with van der Waals surface area (Å²) in [4.78, 5) is 23.6. The van der Waals surface area contributed by atoms with Crippen LogP contribution >= 0.6 is 0 Å². The first kappa shape index (κ1) is 11.2. The summed E-state index contributed by atoms with van der Waals surface area (Å²) in [5.41, 5.74) is 0. The topological polar surface area (TPSA) is 78.9 Å². The van der Waals surface area contributed by atoms with Gasteiger partial charge in [-0.1, -0.05) is 6.92 Å². The number of nitrogens with one attached hydrogen (secondary N) is 1. The molecule has 90 valence electrons. The van der Waals surface area contributed by atoms with Gasteiger partial charge in [-0.25, -0.2) is 4.79 Å². The highest BCUT2D eigenvalue weighted by atomic mass is 16.6. The lowest BCUT2D eigenvalue weighted by Gasteiger charge is -2.41. The third-order valence-electron chi connectivity index (χ3n) is 3.29. The first-order valence-electron chi connectivity index (χ1n) is 5.46. The fourth-order valence-corrected chi connectivity index (χ4v) is 2.10. The van der Waals surface area contributed by atoms with Crippen molar-refractivity contribution < 1.29 is 19.4 Å². The molecule has 0 radical (unpaired) electrons. The summed E-state index contributed by atoms with van der Waals surface area (Å²) >= 11 is 0. The predicted molar refractivity (Wildman–Crippen MR) is 55.0 cm³/mol. The number of carbonyl (C=O) groups is 2. The van der Waals surface area contributed by atoms with Crippen LogP contribution in [0.15, 0.2) is 0 Å². The number of nitrogens with zero attached hydrogens (tertiary/aromatic N) is 1. The molecule has 6 nitrogen and oxygen atoms in total. The van der Waals surface area contributed by atoms with Gasteiger partial charge in [0.1, 0.15) is 6.10 Å². The molecular weight excluding hydrogens is 212 g/mol. The molecule has 2 rings (SSSR count). The predicted octanol–water partition coefficient (Wildman–Crippen LogP) is -0.253. The largest absolute Gasteiger partial charge is 0.481 e. The Bertz CT molecular complexity index is 301. The van der Waals surface area contributed by atoms with Crippen molar-refractivity contribution in [3.63, 3.8) is 0 Å². The number of aliphatic carboxylic acids is 1. The molecule has 2 fully saturated rings. The van der Waals surface area contributed by atoms with Crippen LogP contribution in [-0.2, 0) is 9.53 Å². The van der Waals surface area contributed by atoms with Crippen molar-refractivity contribution in [3.05, 3.63) is 0 Å². The molecule has 0 aliphatic carbocycles. The average molecular weight is 228 g/mol. The van der Waals surface area contributed by atoms with Gasteiger partial charge in [-0.3, -0.25) is 9.69 Å². The van der Waals surface area contributed by atoms with Gasteiger partial charge >= 0.3 is 12.1 Å². The molecular formula is C10H16N2O4. The van der Waals surface area contributed by atoms with Gasteiger partial charge in [-0.2, -0.15) is 0 Å². The van der Waals surface area contributed by atoms with Crippen molar-refractivity contribution in [2.75, 3.05) is 26.2 Å². The van der Waals surface area contributed by atoms with Gasteiger partial charge in [-0.15, -0.1) is 0 Å². The number of carboxylic acids is 1. The summed E-state index contributed by atoms with van der Waals surface area (Å²) in [6.45, 7) is 4.54. The summed E-state index contributed by atoms with van der Waals surface area (Å²) < 4.78 is 5.00. The van der Waals surface area contributed by atoms with Crippen LogP contribution in [-0.4, -0.2) is 54.4 Å². The van der Waals surface area contributed by atoms with Crippen molar-refractivity contribution in [1.29, 1.82) is 0 Å². The number of rotatable bonds is 4. The molecule has 2 heterocycles. The van der Waals surface area contributed by atoms with Crippen LogP contribution in [0, 0.1) is 11.8 Å². The molecule has 0 aromatic carbocycles. The third kappa shape index (κ3) is 2.27. The molecule has 1 amide bonds. The van der Waals surface area contributed by atoms with Gasteiger partial charge in [0.2, 0.25) is 0 Å². The maximum absolute atomic E-state index is 10.8. The van der Waals surface area contributed by atoms with Gasteiger partial charge in [-0.05, 0) is 5.92 Å². The highest BCUT2D eigenvalue weighted by molar-refractivity contribution is 5.70. The van der Waals surface area contributed by atoms with Crippen LogP contribution in [0.25, 0.3) is 0 Å². The SMILES string of the molecule is CC(C(=O)O)C1CN(CC2CNC(=O)O2)C1. The molecule has 0 aromatic heterocycles. The number of alkyl carbamates (subject to hydrolysis) is 1. The maximum atomic E-state index is 10.8. The van der Waals surface area contributed by atoms with Crippen molar-refractivity contribution in [2.24, 2.45) is 11.8 Å². The lowest BCUT2D eigenvalue weighted by Crippen LogP contribution is -2.53. The smallest absolute Gasteiger partial charge is 0.407 e. The van der Waals surface area contributed by atoms with Crippen molar-refractivity contribution >= 4 is 12.1 Å². The van der Waals surface area contributed by atoms with E-state index in [1.54, 1.807) is 6.92 Å². The monoisotopic (exact) mass is 228 g/mol. The molecule has 16 heavy (non-hydrogen) atoms. The van der Waals surface area contributed by atoms with Gasteiger partial charge < -0.3 is 15.2 Å².